The minimum Gasteiger partial charge on any atom is -0.496 e. The lowest BCUT2D eigenvalue weighted by atomic mass is 10.0. The molecule has 2 saturated heterocycles. The van der Waals surface area contributed by atoms with Crippen LogP contribution in [0.15, 0.2) is 23.1 Å². The van der Waals surface area contributed by atoms with Gasteiger partial charge in [-0.05, 0) is 57.2 Å². The number of sulfonamides is 1. The van der Waals surface area contributed by atoms with E-state index in [0.717, 1.165) is 44.9 Å². The number of nitrogens with zero attached hydrogens (tertiary/aromatic N) is 2. The molecule has 0 saturated carbocycles. The molecule has 1 atom stereocenters. The summed E-state index contributed by atoms with van der Waals surface area (Å²) in [6.45, 7) is 3.83. The number of hydrogen-bond donors (Lipinski definition) is 0. The molecule has 27 heavy (non-hydrogen) atoms. The molecule has 1 amide bonds. The molecule has 6 nitrogen and oxygen atoms in total. The van der Waals surface area contributed by atoms with Gasteiger partial charge in [0.2, 0.25) is 10.0 Å². The third kappa shape index (κ3) is 4.29. The Morgan fingerprint density at radius 3 is 2.33 bits per heavy atom. The summed E-state index contributed by atoms with van der Waals surface area (Å²) in [5, 5.41) is 0. The van der Waals surface area contributed by atoms with Crippen molar-refractivity contribution in [2.24, 2.45) is 0 Å². The zero-order chi connectivity index (χ0) is 19.4. The second-order valence-electron chi connectivity index (χ2n) is 7.52. The van der Waals surface area contributed by atoms with Gasteiger partial charge in [-0.2, -0.15) is 4.31 Å². The first-order chi connectivity index (χ1) is 12.9. The van der Waals surface area contributed by atoms with Gasteiger partial charge in [-0.15, -0.1) is 0 Å². The Hall–Kier alpha value is -1.60. The van der Waals surface area contributed by atoms with Crippen LogP contribution in [-0.2, 0) is 10.0 Å². The third-order valence-electron chi connectivity index (χ3n) is 5.67. The van der Waals surface area contributed by atoms with Crippen molar-refractivity contribution in [2.75, 3.05) is 26.7 Å². The number of ether oxygens (including phenoxy) is 1. The fourth-order valence-electron chi connectivity index (χ4n) is 4.00. The van der Waals surface area contributed by atoms with Crippen LogP contribution in [0.5, 0.6) is 5.75 Å². The molecule has 0 N–H and O–H groups in total. The van der Waals surface area contributed by atoms with Crippen molar-refractivity contribution < 1.29 is 17.9 Å². The Balaban J connectivity index is 1.94. The van der Waals surface area contributed by atoms with E-state index in [-0.39, 0.29) is 16.8 Å². The van der Waals surface area contributed by atoms with Crippen molar-refractivity contribution in [3.05, 3.63) is 23.8 Å². The Labute approximate surface area is 162 Å². The standard InChI is InChI=1S/C20H30N2O4S/c1-16-9-5-8-14-22(16)20(23)18-15-17(10-11-19(18)26-2)27(24,25)21-12-6-3-4-7-13-21/h10-11,15-16H,3-9,12-14H2,1-2H3. The van der Waals surface area contributed by atoms with Gasteiger partial charge in [0, 0.05) is 25.7 Å². The maximum absolute atomic E-state index is 13.1. The SMILES string of the molecule is COc1ccc(S(=O)(=O)N2CCCCCC2)cc1C(=O)N1CCCCC1C. The molecule has 2 aliphatic rings. The first-order valence-electron chi connectivity index (χ1n) is 9.94. The van der Waals surface area contributed by atoms with E-state index in [9.17, 15) is 13.2 Å². The van der Waals surface area contributed by atoms with Gasteiger partial charge in [0.25, 0.3) is 5.91 Å². The Bertz CT molecular complexity index is 770. The first kappa shape index (κ1) is 20.1. The van der Waals surface area contributed by atoms with Crippen molar-refractivity contribution in [2.45, 2.75) is 62.8 Å². The third-order valence-corrected chi connectivity index (χ3v) is 7.56. The number of hydrogen-bond acceptors (Lipinski definition) is 4. The molecular weight excluding hydrogens is 364 g/mol. The average molecular weight is 395 g/mol. The number of amides is 1. The summed E-state index contributed by atoms with van der Waals surface area (Å²) in [5.41, 5.74) is 0.335. The molecular formula is C20H30N2O4S. The maximum Gasteiger partial charge on any atom is 0.257 e. The van der Waals surface area contributed by atoms with Crippen LogP contribution in [-0.4, -0.2) is 56.3 Å². The van der Waals surface area contributed by atoms with Crippen LogP contribution in [0.25, 0.3) is 0 Å². The van der Waals surface area contributed by atoms with Crippen LogP contribution in [0.2, 0.25) is 0 Å². The molecule has 1 aromatic rings. The summed E-state index contributed by atoms with van der Waals surface area (Å²) < 4.78 is 33.2. The highest BCUT2D eigenvalue weighted by Crippen LogP contribution is 2.29. The molecule has 150 valence electrons. The predicted molar refractivity (Wildman–Crippen MR) is 105 cm³/mol. The van der Waals surface area contributed by atoms with Gasteiger partial charge in [-0.1, -0.05) is 12.8 Å². The number of benzene rings is 1. The fraction of sp³-hybridized carbons (Fsp3) is 0.650. The lowest BCUT2D eigenvalue weighted by molar-refractivity contribution is 0.0632. The number of carbonyl (C=O) groups excluding carboxylic acids is 1. The van der Waals surface area contributed by atoms with E-state index in [1.807, 2.05) is 11.8 Å². The van der Waals surface area contributed by atoms with E-state index in [0.29, 0.717) is 30.9 Å². The topological polar surface area (TPSA) is 66.9 Å². The van der Waals surface area contributed by atoms with Crippen molar-refractivity contribution in [3.8, 4) is 5.75 Å². The van der Waals surface area contributed by atoms with E-state index in [2.05, 4.69) is 0 Å². The second-order valence-corrected chi connectivity index (χ2v) is 9.46. The number of carbonyl (C=O) groups is 1. The molecule has 0 spiro atoms. The molecule has 2 heterocycles. The molecule has 0 radical (unpaired) electrons. The van der Waals surface area contributed by atoms with Gasteiger partial charge < -0.3 is 9.64 Å². The molecule has 3 rings (SSSR count). The highest BCUT2D eigenvalue weighted by Gasteiger charge is 2.30. The van der Waals surface area contributed by atoms with E-state index in [4.69, 9.17) is 4.74 Å². The predicted octanol–water partition coefficient (Wildman–Crippen LogP) is 3.27. The van der Waals surface area contributed by atoms with E-state index in [1.54, 1.807) is 16.4 Å². The highest BCUT2D eigenvalue weighted by atomic mass is 32.2. The fourth-order valence-corrected chi connectivity index (χ4v) is 5.54. The zero-order valence-electron chi connectivity index (χ0n) is 16.3. The Morgan fingerprint density at radius 2 is 1.70 bits per heavy atom. The van der Waals surface area contributed by atoms with Gasteiger partial charge in [0.1, 0.15) is 5.75 Å². The summed E-state index contributed by atoms with van der Waals surface area (Å²) in [6.07, 6.45) is 6.95. The lowest BCUT2D eigenvalue weighted by Gasteiger charge is -2.34. The smallest absolute Gasteiger partial charge is 0.257 e. The average Bonchev–Trinajstić information content (AvgIpc) is 2.97. The molecule has 2 aliphatic heterocycles. The summed E-state index contributed by atoms with van der Waals surface area (Å²) in [4.78, 5) is 15.2. The van der Waals surface area contributed by atoms with Gasteiger partial charge in [0.15, 0.2) is 0 Å². The minimum absolute atomic E-state index is 0.146. The van der Waals surface area contributed by atoms with Gasteiger partial charge in [-0.25, -0.2) is 8.42 Å². The van der Waals surface area contributed by atoms with Crippen LogP contribution in [0, 0.1) is 0 Å². The van der Waals surface area contributed by atoms with E-state index >= 15 is 0 Å². The number of methoxy groups -OCH3 is 1. The molecule has 0 aliphatic carbocycles. The lowest BCUT2D eigenvalue weighted by Crippen LogP contribution is -2.42. The Morgan fingerprint density at radius 1 is 1.04 bits per heavy atom. The number of piperidine rings is 1. The summed E-state index contributed by atoms with van der Waals surface area (Å²) in [6, 6.07) is 4.81. The highest BCUT2D eigenvalue weighted by molar-refractivity contribution is 7.89. The minimum atomic E-state index is -3.60. The Kier molecular flexibility index (Phi) is 6.42. The largest absolute Gasteiger partial charge is 0.496 e. The van der Waals surface area contributed by atoms with Gasteiger partial charge in [0.05, 0.1) is 17.6 Å². The molecule has 0 aromatic heterocycles. The van der Waals surface area contributed by atoms with E-state index in [1.165, 1.54) is 13.2 Å². The van der Waals surface area contributed by atoms with Gasteiger partial charge >= 0.3 is 0 Å². The zero-order valence-corrected chi connectivity index (χ0v) is 17.1. The normalized spacial score (nSPS) is 22.3. The van der Waals surface area contributed by atoms with Gasteiger partial charge in [-0.3, -0.25) is 4.79 Å². The monoisotopic (exact) mass is 394 g/mol. The van der Waals surface area contributed by atoms with Crippen LogP contribution in [0.3, 0.4) is 0 Å². The van der Waals surface area contributed by atoms with Crippen LogP contribution in [0.1, 0.15) is 62.2 Å². The summed E-state index contributed by atoms with van der Waals surface area (Å²) in [7, 11) is -2.09. The van der Waals surface area contributed by atoms with Crippen LogP contribution >= 0.6 is 0 Å². The molecule has 1 aromatic carbocycles. The second kappa shape index (κ2) is 8.61. The van der Waals surface area contributed by atoms with Crippen molar-refractivity contribution >= 4 is 15.9 Å². The maximum atomic E-state index is 13.1. The molecule has 0 bridgehead atoms. The first-order valence-corrected chi connectivity index (χ1v) is 11.4. The molecule has 7 heteroatoms. The molecule has 1 unspecified atom stereocenters. The molecule has 2 fully saturated rings. The summed E-state index contributed by atoms with van der Waals surface area (Å²) in [5.74, 6) is 0.277. The van der Waals surface area contributed by atoms with Crippen molar-refractivity contribution in [3.63, 3.8) is 0 Å². The summed E-state index contributed by atoms with van der Waals surface area (Å²) >= 11 is 0. The van der Waals surface area contributed by atoms with Crippen LogP contribution < -0.4 is 4.74 Å². The van der Waals surface area contributed by atoms with Crippen molar-refractivity contribution in [1.29, 1.82) is 0 Å². The van der Waals surface area contributed by atoms with Crippen molar-refractivity contribution in [1.82, 2.24) is 9.21 Å². The van der Waals surface area contributed by atoms with Crippen LogP contribution in [0.4, 0.5) is 0 Å². The van der Waals surface area contributed by atoms with E-state index < -0.39 is 10.0 Å². The quantitative estimate of drug-likeness (QED) is 0.786. The number of rotatable bonds is 4. The number of likely N-dealkylation sites (tertiary alicyclic amines) is 1.